The summed E-state index contributed by atoms with van der Waals surface area (Å²) >= 11 is 1.59. The number of aromatic nitrogens is 2. The number of benzene rings is 2. The predicted molar refractivity (Wildman–Crippen MR) is 110 cm³/mol. The number of ether oxygens (including phenoxy) is 3. The molecule has 0 saturated heterocycles. The van der Waals surface area contributed by atoms with E-state index in [4.69, 9.17) is 14.2 Å². The van der Waals surface area contributed by atoms with E-state index >= 15 is 0 Å². The van der Waals surface area contributed by atoms with Crippen LogP contribution in [0.5, 0.6) is 17.2 Å². The van der Waals surface area contributed by atoms with Crippen LogP contribution >= 0.6 is 11.3 Å². The first-order chi connectivity index (χ1) is 13.5. The molecule has 0 unspecified atom stereocenters. The van der Waals surface area contributed by atoms with Crippen LogP contribution in [-0.2, 0) is 0 Å². The Morgan fingerprint density at radius 2 is 1.86 bits per heavy atom. The molecule has 4 rings (SSSR count). The fourth-order valence-electron chi connectivity index (χ4n) is 3.18. The highest BCUT2D eigenvalue weighted by molar-refractivity contribution is 7.18. The number of aryl methyl sites for hydroxylation is 1. The Kier molecular flexibility index (Phi) is 4.56. The van der Waals surface area contributed by atoms with Gasteiger partial charge in [-0.25, -0.2) is 4.98 Å². The third-order valence-electron chi connectivity index (χ3n) is 4.42. The number of anilines is 1. The zero-order valence-electron chi connectivity index (χ0n) is 15.9. The summed E-state index contributed by atoms with van der Waals surface area (Å²) in [5, 5.41) is 4.70. The molecule has 0 spiro atoms. The van der Waals surface area contributed by atoms with Crippen molar-refractivity contribution in [3.8, 4) is 17.2 Å². The van der Waals surface area contributed by atoms with E-state index in [9.17, 15) is 4.79 Å². The van der Waals surface area contributed by atoms with Crippen LogP contribution < -0.4 is 19.5 Å². The molecule has 0 fully saturated rings. The number of hydrogen-bond donors (Lipinski definition) is 2. The SMILES string of the molecule is COc1cc2cc(C(=O)Nc3ccc4nc(C)sc4c3)[nH]c2c(OC)c1OC. The molecule has 8 heteroatoms. The normalized spacial score (nSPS) is 11.0. The molecule has 7 nitrogen and oxygen atoms in total. The Labute approximate surface area is 165 Å². The van der Waals surface area contributed by atoms with Crippen LogP contribution in [0.3, 0.4) is 0 Å². The van der Waals surface area contributed by atoms with Crippen LogP contribution in [0.1, 0.15) is 15.5 Å². The van der Waals surface area contributed by atoms with Gasteiger partial charge in [-0.3, -0.25) is 4.79 Å². The molecular weight excluding hydrogens is 378 g/mol. The number of nitrogens with zero attached hydrogens (tertiary/aromatic N) is 1. The highest BCUT2D eigenvalue weighted by Crippen LogP contribution is 2.43. The highest BCUT2D eigenvalue weighted by atomic mass is 32.1. The van der Waals surface area contributed by atoms with Crippen molar-refractivity contribution in [1.82, 2.24) is 9.97 Å². The molecular formula is C20H19N3O4S. The second kappa shape index (κ2) is 7.05. The molecule has 0 radical (unpaired) electrons. The van der Waals surface area contributed by atoms with Crippen LogP contribution in [0.2, 0.25) is 0 Å². The summed E-state index contributed by atoms with van der Waals surface area (Å²) in [7, 11) is 4.64. The average Bonchev–Trinajstić information content (AvgIpc) is 3.28. The largest absolute Gasteiger partial charge is 0.493 e. The van der Waals surface area contributed by atoms with E-state index < -0.39 is 0 Å². The fraction of sp³-hybridized carbons (Fsp3) is 0.200. The summed E-state index contributed by atoms with van der Waals surface area (Å²) in [6, 6.07) is 9.22. The molecule has 2 aromatic carbocycles. The van der Waals surface area contributed by atoms with E-state index in [-0.39, 0.29) is 5.91 Å². The number of hydrogen-bond acceptors (Lipinski definition) is 6. The number of H-pyrrole nitrogens is 1. The third-order valence-corrected chi connectivity index (χ3v) is 5.35. The van der Waals surface area contributed by atoms with Crippen molar-refractivity contribution in [2.45, 2.75) is 6.92 Å². The fourth-order valence-corrected chi connectivity index (χ4v) is 4.05. The quantitative estimate of drug-likeness (QED) is 0.522. The minimum atomic E-state index is -0.253. The Bertz CT molecular complexity index is 1200. The lowest BCUT2D eigenvalue weighted by Gasteiger charge is -2.12. The van der Waals surface area contributed by atoms with Crippen molar-refractivity contribution < 1.29 is 19.0 Å². The molecule has 0 aliphatic rings. The molecule has 2 heterocycles. The molecule has 0 bridgehead atoms. The molecule has 1 amide bonds. The third kappa shape index (κ3) is 3.01. The maximum atomic E-state index is 12.8. The van der Waals surface area contributed by atoms with Crippen LogP contribution in [0.25, 0.3) is 21.1 Å². The Hall–Kier alpha value is -3.26. The van der Waals surface area contributed by atoms with E-state index in [2.05, 4.69) is 15.3 Å². The molecule has 4 aromatic rings. The van der Waals surface area contributed by atoms with Gasteiger partial charge in [0, 0.05) is 11.1 Å². The predicted octanol–water partition coefficient (Wildman–Crippen LogP) is 4.36. The minimum Gasteiger partial charge on any atom is -0.493 e. The first-order valence-corrected chi connectivity index (χ1v) is 9.36. The van der Waals surface area contributed by atoms with Crippen molar-refractivity contribution in [3.05, 3.63) is 41.0 Å². The van der Waals surface area contributed by atoms with Gasteiger partial charge in [0.25, 0.3) is 5.91 Å². The van der Waals surface area contributed by atoms with Gasteiger partial charge in [0.2, 0.25) is 5.75 Å². The van der Waals surface area contributed by atoms with E-state index in [1.807, 2.05) is 25.1 Å². The number of carbonyl (C=O) groups is 1. The molecule has 144 valence electrons. The van der Waals surface area contributed by atoms with Gasteiger partial charge in [0.15, 0.2) is 11.5 Å². The number of thiazole rings is 1. The van der Waals surface area contributed by atoms with Gasteiger partial charge >= 0.3 is 0 Å². The van der Waals surface area contributed by atoms with Crippen molar-refractivity contribution in [2.24, 2.45) is 0 Å². The summed E-state index contributed by atoms with van der Waals surface area (Å²) in [4.78, 5) is 20.3. The van der Waals surface area contributed by atoms with E-state index in [1.54, 1.807) is 44.8 Å². The van der Waals surface area contributed by atoms with Crippen molar-refractivity contribution in [2.75, 3.05) is 26.6 Å². The second-order valence-electron chi connectivity index (χ2n) is 6.16. The van der Waals surface area contributed by atoms with E-state index in [0.29, 0.717) is 34.1 Å². The number of aromatic amines is 1. The lowest BCUT2D eigenvalue weighted by molar-refractivity contribution is 0.102. The smallest absolute Gasteiger partial charge is 0.272 e. The van der Waals surface area contributed by atoms with Gasteiger partial charge in [0.1, 0.15) is 5.69 Å². The standard InChI is InChI=1S/C20H19N3O4S/c1-10-21-13-6-5-12(9-16(13)28-10)22-20(24)14-7-11-8-15(25-2)18(26-3)19(27-4)17(11)23-14/h5-9,23H,1-4H3,(H,22,24). The monoisotopic (exact) mass is 397 g/mol. The summed E-state index contributed by atoms with van der Waals surface area (Å²) in [5.74, 6) is 1.23. The van der Waals surface area contributed by atoms with Gasteiger partial charge in [-0.1, -0.05) is 0 Å². The first kappa shape index (κ1) is 18.1. The highest BCUT2D eigenvalue weighted by Gasteiger charge is 2.20. The lowest BCUT2D eigenvalue weighted by atomic mass is 10.2. The Balaban J connectivity index is 1.70. The molecule has 0 aliphatic heterocycles. The molecule has 2 aromatic heterocycles. The number of nitrogens with one attached hydrogen (secondary N) is 2. The molecule has 0 saturated carbocycles. The van der Waals surface area contributed by atoms with Crippen LogP contribution in [0.4, 0.5) is 5.69 Å². The van der Waals surface area contributed by atoms with Crippen LogP contribution in [0, 0.1) is 6.92 Å². The van der Waals surface area contributed by atoms with E-state index in [0.717, 1.165) is 20.6 Å². The Morgan fingerprint density at radius 3 is 2.57 bits per heavy atom. The summed E-state index contributed by atoms with van der Waals surface area (Å²) in [5.41, 5.74) is 2.71. The topological polar surface area (TPSA) is 85.5 Å². The Morgan fingerprint density at radius 1 is 1.07 bits per heavy atom. The van der Waals surface area contributed by atoms with Crippen molar-refractivity contribution >= 4 is 44.1 Å². The van der Waals surface area contributed by atoms with Gasteiger partial charge in [-0.2, -0.15) is 0 Å². The summed E-state index contributed by atoms with van der Waals surface area (Å²) < 4.78 is 17.3. The first-order valence-electron chi connectivity index (χ1n) is 8.54. The molecule has 0 atom stereocenters. The van der Waals surface area contributed by atoms with Gasteiger partial charge in [0.05, 0.1) is 42.1 Å². The van der Waals surface area contributed by atoms with Crippen LogP contribution in [0.15, 0.2) is 30.3 Å². The van der Waals surface area contributed by atoms with Gasteiger partial charge < -0.3 is 24.5 Å². The van der Waals surface area contributed by atoms with Gasteiger partial charge in [-0.05, 0) is 37.3 Å². The zero-order valence-corrected chi connectivity index (χ0v) is 16.7. The maximum absolute atomic E-state index is 12.8. The summed E-state index contributed by atoms with van der Waals surface area (Å²) in [6.07, 6.45) is 0. The molecule has 2 N–H and O–H groups in total. The minimum absolute atomic E-state index is 0.253. The number of carbonyl (C=O) groups excluding carboxylic acids is 1. The number of methoxy groups -OCH3 is 3. The van der Waals surface area contributed by atoms with E-state index in [1.165, 1.54) is 0 Å². The second-order valence-corrected chi connectivity index (χ2v) is 7.40. The molecule has 0 aliphatic carbocycles. The van der Waals surface area contributed by atoms with Crippen LogP contribution in [-0.4, -0.2) is 37.2 Å². The number of amides is 1. The lowest BCUT2D eigenvalue weighted by Crippen LogP contribution is -2.12. The van der Waals surface area contributed by atoms with Crippen molar-refractivity contribution in [3.63, 3.8) is 0 Å². The number of fused-ring (bicyclic) bond motifs is 2. The number of rotatable bonds is 5. The van der Waals surface area contributed by atoms with Gasteiger partial charge in [-0.15, -0.1) is 11.3 Å². The zero-order chi connectivity index (χ0) is 19.8. The average molecular weight is 397 g/mol. The summed E-state index contributed by atoms with van der Waals surface area (Å²) in [6.45, 7) is 1.96. The molecule has 28 heavy (non-hydrogen) atoms. The van der Waals surface area contributed by atoms with Crippen molar-refractivity contribution in [1.29, 1.82) is 0 Å². The maximum Gasteiger partial charge on any atom is 0.272 e.